The zero-order chi connectivity index (χ0) is 17.9. The maximum absolute atomic E-state index is 13.1. The smallest absolute Gasteiger partial charge is 0.249 e. The van der Waals surface area contributed by atoms with Gasteiger partial charge in [-0.3, -0.25) is 14.4 Å². The fraction of sp³-hybridized carbons (Fsp3) is 0.308. The van der Waals surface area contributed by atoms with Crippen molar-refractivity contribution in [3.05, 3.63) is 30.1 Å². The molecular weight excluding hydrogens is 375 g/mol. The van der Waals surface area contributed by atoms with Crippen molar-refractivity contribution in [2.45, 2.75) is 17.3 Å². The standard InChI is InChI=1S/C13H15FN4O3S3/c1-8(11(19)15-12-16-17-13(22-2)23-12)18(24(3,20)21)10-6-4-9(14)5-7-10/h4-8H,1-3H3,(H,15,16,19)/t8-/m1/s1. The van der Waals surface area contributed by atoms with Crippen LogP contribution in [0.4, 0.5) is 15.2 Å². The lowest BCUT2D eigenvalue weighted by Crippen LogP contribution is -2.45. The largest absolute Gasteiger partial charge is 0.299 e. The highest BCUT2D eigenvalue weighted by atomic mass is 32.2. The first-order valence-corrected chi connectivity index (χ1v) is 10.5. The van der Waals surface area contributed by atoms with Crippen molar-refractivity contribution in [2.24, 2.45) is 0 Å². The Kier molecular flexibility index (Phi) is 5.78. The number of carbonyl (C=O) groups is 1. The first kappa shape index (κ1) is 18.6. The minimum absolute atomic E-state index is 0.198. The van der Waals surface area contributed by atoms with Crippen LogP contribution in [0.15, 0.2) is 28.6 Å². The van der Waals surface area contributed by atoms with Gasteiger partial charge in [0, 0.05) is 0 Å². The third kappa shape index (κ3) is 4.42. The molecule has 130 valence electrons. The van der Waals surface area contributed by atoms with Crippen LogP contribution in [0, 0.1) is 5.82 Å². The zero-order valence-corrected chi connectivity index (χ0v) is 15.5. The Balaban J connectivity index is 2.25. The highest BCUT2D eigenvalue weighted by Crippen LogP contribution is 2.25. The molecule has 0 unspecified atom stereocenters. The number of carbonyl (C=O) groups excluding carboxylic acids is 1. The Labute approximate surface area is 147 Å². The number of halogens is 1. The molecule has 2 aromatic rings. The zero-order valence-electron chi connectivity index (χ0n) is 13.1. The van der Waals surface area contributed by atoms with Gasteiger partial charge in [-0.1, -0.05) is 23.1 Å². The molecular formula is C13H15FN4O3S3. The Morgan fingerprint density at radius 2 is 1.96 bits per heavy atom. The summed E-state index contributed by atoms with van der Waals surface area (Å²) in [5.41, 5.74) is 0.198. The van der Waals surface area contributed by atoms with Gasteiger partial charge < -0.3 is 0 Å². The second-order valence-electron chi connectivity index (χ2n) is 4.78. The maximum atomic E-state index is 13.1. The molecule has 1 amide bonds. The molecule has 0 saturated heterocycles. The van der Waals surface area contributed by atoms with E-state index in [4.69, 9.17) is 0 Å². The predicted octanol–water partition coefficient (Wildman–Crippen LogP) is 2.19. The number of thioether (sulfide) groups is 1. The van der Waals surface area contributed by atoms with E-state index >= 15 is 0 Å². The lowest BCUT2D eigenvalue weighted by Gasteiger charge is -2.27. The van der Waals surface area contributed by atoms with E-state index < -0.39 is 27.8 Å². The third-order valence-electron chi connectivity index (χ3n) is 2.98. The van der Waals surface area contributed by atoms with Crippen molar-refractivity contribution in [1.29, 1.82) is 0 Å². The quantitative estimate of drug-likeness (QED) is 0.600. The summed E-state index contributed by atoms with van der Waals surface area (Å²) < 4.78 is 38.9. The van der Waals surface area contributed by atoms with Crippen LogP contribution in [0.1, 0.15) is 6.92 Å². The molecule has 0 aliphatic rings. The van der Waals surface area contributed by atoms with Crippen LogP contribution in [0.25, 0.3) is 0 Å². The Bertz CT molecular complexity index is 823. The number of hydrogen-bond donors (Lipinski definition) is 1. The number of rotatable bonds is 6. The van der Waals surface area contributed by atoms with Gasteiger partial charge in [0.15, 0.2) is 4.34 Å². The lowest BCUT2D eigenvalue weighted by atomic mass is 10.2. The van der Waals surface area contributed by atoms with Crippen LogP contribution in [0.3, 0.4) is 0 Å². The minimum Gasteiger partial charge on any atom is -0.299 e. The molecule has 2 rings (SSSR count). The highest BCUT2D eigenvalue weighted by Gasteiger charge is 2.29. The summed E-state index contributed by atoms with van der Waals surface area (Å²) >= 11 is 2.57. The number of aromatic nitrogens is 2. The summed E-state index contributed by atoms with van der Waals surface area (Å²) in [6.07, 6.45) is 2.81. The summed E-state index contributed by atoms with van der Waals surface area (Å²) in [5, 5.41) is 10.5. The molecule has 1 aromatic carbocycles. The molecule has 0 saturated carbocycles. The van der Waals surface area contributed by atoms with E-state index in [-0.39, 0.29) is 10.8 Å². The Morgan fingerprint density at radius 3 is 2.46 bits per heavy atom. The van der Waals surface area contributed by atoms with Crippen molar-refractivity contribution < 1.29 is 17.6 Å². The topological polar surface area (TPSA) is 92.3 Å². The summed E-state index contributed by atoms with van der Waals surface area (Å²) in [7, 11) is -3.75. The number of sulfonamides is 1. The number of anilines is 2. The van der Waals surface area contributed by atoms with Gasteiger partial charge in [-0.25, -0.2) is 12.8 Å². The van der Waals surface area contributed by atoms with Crippen LogP contribution in [-0.4, -0.2) is 43.1 Å². The number of amides is 1. The van der Waals surface area contributed by atoms with Crippen molar-refractivity contribution in [3.8, 4) is 0 Å². The van der Waals surface area contributed by atoms with Gasteiger partial charge in [-0.2, -0.15) is 0 Å². The maximum Gasteiger partial charge on any atom is 0.249 e. The normalized spacial score (nSPS) is 12.7. The molecule has 24 heavy (non-hydrogen) atoms. The van der Waals surface area contributed by atoms with Gasteiger partial charge in [-0.15, -0.1) is 10.2 Å². The average Bonchev–Trinajstić information content (AvgIpc) is 2.95. The summed E-state index contributed by atoms with van der Waals surface area (Å²) in [5.74, 6) is -1.06. The van der Waals surface area contributed by atoms with Gasteiger partial charge in [0.05, 0.1) is 11.9 Å². The van der Waals surface area contributed by atoms with Crippen LogP contribution < -0.4 is 9.62 Å². The van der Waals surface area contributed by atoms with Gasteiger partial charge in [0.1, 0.15) is 11.9 Å². The van der Waals surface area contributed by atoms with Gasteiger partial charge in [-0.05, 0) is 37.4 Å². The molecule has 1 heterocycles. The summed E-state index contributed by atoms with van der Waals surface area (Å²) in [6.45, 7) is 1.44. The number of nitrogens with zero attached hydrogens (tertiary/aromatic N) is 3. The van der Waals surface area contributed by atoms with E-state index in [0.29, 0.717) is 4.34 Å². The molecule has 0 spiro atoms. The van der Waals surface area contributed by atoms with Crippen molar-refractivity contribution in [1.82, 2.24) is 10.2 Å². The minimum atomic E-state index is -3.75. The summed E-state index contributed by atoms with van der Waals surface area (Å²) in [4.78, 5) is 12.4. The van der Waals surface area contributed by atoms with E-state index in [1.54, 1.807) is 0 Å². The summed E-state index contributed by atoms with van der Waals surface area (Å²) in [6, 6.07) is 3.82. The molecule has 1 atom stereocenters. The second-order valence-corrected chi connectivity index (χ2v) is 8.67. The molecule has 0 bridgehead atoms. The van der Waals surface area contributed by atoms with Crippen LogP contribution >= 0.6 is 23.1 Å². The van der Waals surface area contributed by atoms with Gasteiger partial charge in [0.2, 0.25) is 21.1 Å². The molecule has 0 radical (unpaired) electrons. The number of nitrogens with one attached hydrogen (secondary N) is 1. The molecule has 0 aliphatic heterocycles. The lowest BCUT2D eigenvalue weighted by molar-refractivity contribution is -0.116. The van der Waals surface area contributed by atoms with E-state index in [1.165, 1.54) is 42.2 Å². The molecule has 11 heteroatoms. The predicted molar refractivity (Wildman–Crippen MR) is 93.5 cm³/mol. The van der Waals surface area contributed by atoms with E-state index in [0.717, 1.165) is 22.7 Å². The molecule has 1 N–H and O–H groups in total. The van der Waals surface area contributed by atoms with E-state index in [9.17, 15) is 17.6 Å². The first-order chi connectivity index (χ1) is 11.2. The SMILES string of the molecule is CSc1nnc(NC(=O)[C@@H](C)N(c2ccc(F)cc2)S(C)(=O)=O)s1. The Morgan fingerprint density at radius 1 is 1.33 bits per heavy atom. The number of hydrogen-bond acceptors (Lipinski definition) is 7. The molecule has 0 aliphatic carbocycles. The first-order valence-electron chi connectivity index (χ1n) is 6.65. The number of benzene rings is 1. The monoisotopic (exact) mass is 390 g/mol. The Hall–Kier alpha value is -1.72. The third-order valence-corrected chi connectivity index (χ3v) is 6.04. The van der Waals surface area contributed by atoms with Crippen molar-refractivity contribution in [3.63, 3.8) is 0 Å². The van der Waals surface area contributed by atoms with Crippen LogP contribution in [0.5, 0.6) is 0 Å². The van der Waals surface area contributed by atoms with Crippen LogP contribution in [0.2, 0.25) is 0 Å². The fourth-order valence-corrected chi connectivity index (χ4v) is 4.30. The van der Waals surface area contributed by atoms with Crippen molar-refractivity contribution in [2.75, 3.05) is 22.1 Å². The second kappa shape index (κ2) is 7.45. The van der Waals surface area contributed by atoms with E-state index in [1.807, 2.05) is 6.26 Å². The average molecular weight is 390 g/mol. The molecule has 1 aromatic heterocycles. The van der Waals surface area contributed by atoms with Crippen molar-refractivity contribution >= 4 is 49.8 Å². The van der Waals surface area contributed by atoms with Crippen LogP contribution in [-0.2, 0) is 14.8 Å². The van der Waals surface area contributed by atoms with E-state index in [2.05, 4.69) is 15.5 Å². The molecule has 0 fully saturated rings. The highest BCUT2D eigenvalue weighted by molar-refractivity contribution is 8.00. The van der Waals surface area contributed by atoms with Gasteiger partial charge >= 0.3 is 0 Å². The van der Waals surface area contributed by atoms with Gasteiger partial charge in [0.25, 0.3) is 0 Å². The fourth-order valence-electron chi connectivity index (χ4n) is 1.95. The molecule has 7 nitrogen and oxygen atoms in total.